The van der Waals surface area contributed by atoms with Gasteiger partial charge in [-0.3, -0.25) is 0 Å². The van der Waals surface area contributed by atoms with Crippen molar-refractivity contribution >= 4 is 0 Å². The van der Waals surface area contributed by atoms with Crippen molar-refractivity contribution in [3.05, 3.63) is 0 Å². The highest BCUT2D eigenvalue weighted by Crippen LogP contribution is 2.33. The van der Waals surface area contributed by atoms with E-state index in [0.717, 1.165) is 0 Å². The van der Waals surface area contributed by atoms with Crippen LogP contribution in [0.25, 0.3) is 0 Å². The highest BCUT2D eigenvalue weighted by Gasteiger charge is 2.49. The third-order valence-corrected chi connectivity index (χ3v) is 6.47. The minimum atomic E-state index is -1.18. The Labute approximate surface area is 170 Å². The maximum atomic E-state index is 10.7. The Kier molecular flexibility index (Phi) is 7.84. The smallest absolute Gasteiger partial charge is 0.158 e. The van der Waals surface area contributed by atoms with Gasteiger partial charge in [0.25, 0.3) is 0 Å². The summed E-state index contributed by atoms with van der Waals surface area (Å²) in [6.45, 7) is 0.0665. The van der Waals surface area contributed by atoms with Crippen LogP contribution >= 0.6 is 0 Å². The first-order valence-corrected chi connectivity index (χ1v) is 10.3. The monoisotopic (exact) mass is 420 g/mol. The molecule has 0 radical (unpaired) electrons. The molecule has 3 rings (SSSR count). The second-order valence-electron chi connectivity index (χ2n) is 8.53. The van der Waals surface area contributed by atoms with Crippen molar-refractivity contribution in [2.75, 3.05) is 13.2 Å². The molecule has 11 heteroatoms. The molecule has 10 unspecified atom stereocenters. The van der Waals surface area contributed by atoms with Gasteiger partial charge >= 0.3 is 0 Å². The van der Waals surface area contributed by atoms with Gasteiger partial charge in [-0.05, 0) is 25.8 Å². The van der Waals surface area contributed by atoms with Crippen molar-refractivity contribution in [3.63, 3.8) is 0 Å². The van der Waals surface area contributed by atoms with Gasteiger partial charge in [0.2, 0.25) is 0 Å². The summed E-state index contributed by atoms with van der Waals surface area (Å²) in [6.07, 6.45) is -4.50. The van der Waals surface area contributed by atoms with Crippen LogP contribution in [0.5, 0.6) is 0 Å². The van der Waals surface area contributed by atoms with Crippen LogP contribution in [0.15, 0.2) is 0 Å². The van der Waals surface area contributed by atoms with Gasteiger partial charge in [-0.15, -0.1) is 0 Å². The van der Waals surface area contributed by atoms with Gasteiger partial charge in [-0.25, -0.2) is 0 Å². The fourth-order valence-corrected chi connectivity index (χ4v) is 4.59. The topological polar surface area (TPSA) is 213 Å². The van der Waals surface area contributed by atoms with Gasteiger partial charge in [0.1, 0.15) is 12.2 Å². The second kappa shape index (κ2) is 9.79. The summed E-state index contributed by atoms with van der Waals surface area (Å²) in [5.74, 6) is -0.371. The zero-order valence-corrected chi connectivity index (χ0v) is 16.5. The number of hydrogen-bond acceptors (Lipinski definition) is 11. The Bertz CT molecular complexity index is 530. The molecule has 1 heterocycles. The van der Waals surface area contributed by atoms with Crippen LogP contribution in [-0.4, -0.2) is 101 Å². The van der Waals surface area contributed by atoms with E-state index < -0.39 is 61.0 Å². The van der Waals surface area contributed by atoms with E-state index in [9.17, 15) is 20.4 Å². The zero-order valence-electron chi connectivity index (χ0n) is 16.5. The molecule has 1 aliphatic heterocycles. The van der Waals surface area contributed by atoms with Gasteiger partial charge in [0.15, 0.2) is 6.29 Å². The first kappa shape index (κ1) is 23.2. The summed E-state index contributed by atoms with van der Waals surface area (Å²) in [7, 11) is 0. The van der Waals surface area contributed by atoms with E-state index in [0.29, 0.717) is 25.7 Å². The van der Waals surface area contributed by atoms with Crippen LogP contribution in [0.2, 0.25) is 0 Å². The predicted molar refractivity (Wildman–Crippen MR) is 102 cm³/mol. The van der Waals surface area contributed by atoms with E-state index in [2.05, 4.69) is 0 Å². The molecule has 0 spiro atoms. The van der Waals surface area contributed by atoms with Crippen molar-refractivity contribution in [1.82, 2.24) is 0 Å². The molecule has 0 aromatic carbocycles. The minimum Gasteiger partial charge on any atom is -0.394 e. The SMILES string of the molecule is NCC1CC(OC2C(N)CC(N)C(O)C2O[C@H]2CC[C@@H](CO)O2)C(N)C(O)C1O. The molecule has 170 valence electrons. The van der Waals surface area contributed by atoms with Crippen molar-refractivity contribution in [2.24, 2.45) is 28.9 Å². The number of aliphatic hydroxyl groups excluding tert-OH is 4. The predicted octanol–water partition coefficient (Wildman–Crippen LogP) is -3.93. The van der Waals surface area contributed by atoms with Crippen LogP contribution < -0.4 is 22.9 Å². The first-order chi connectivity index (χ1) is 13.8. The molecule has 2 aliphatic carbocycles. The number of hydrogen-bond donors (Lipinski definition) is 8. The lowest BCUT2D eigenvalue weighted by Crippen LogP contribution is -2.66. The maximum absolute atomic E-state index is 10.7. The summed E-state index contributed by atoms with van der Waals surface area (Å²) in [5, 5.41) is 40.3. The normalized spacial score (nSPS) is 51.3. The highest BCUT2D eigenvalue weighted by atomic mass is 16.7. The van der Waals surface area contributed by atoms with Crippen LogP contribution in [-0.2, 0) is 14.2 Å². The van der Waals surface area contributed by atoms with Crippen LogP contribution in [0.4, 0.5) is 0 Å². The third-order valence-electron chi connectivity index (χ3n) is 6.47. The fourth-order valence-electron chi connectivity index (χ4n) is 4.59. The number of nitrogens with two attached hydrogens (primary N) is 4. The first-order valence-electron chi connectivity index (χ1n) is 10.3. The molecule has 2 saturated carbocycles. The molecule has 12 N–H and O–H groups in total. The summed E-state index contributed by atoms with van der Waals surface area (Å²) in [4.78, 5) is 0. The zero-order chi connectivity index (χ0) is 21.3. The van der Waals surface area contributed by atoms with Crippen molar-refractivity contribution in [3.8, 4) is 0 Å². The highest BCUT2D eigenvalue weighted by molar-refractivity contribution is 5.02. The molecule has 3 aliphatic rings. The number of aliphatic hydroxyl groups is 4. The lowest BCUT2D eigenvalue weighted by Gasteiger charge is -2.47. The fraction of sp³-hybridized carbons (Fsp3) is 1.00. The summed E-state index contributed by atoms with van der Waals surface area (Å²) in [6, 6.07) is -1.95. The quantitative estimate of drug-likeness (QED) is 0.208. The Balaban J connectivity index is 1.73. The summed E-state index contributed by atoms with van der Waals surface area (Å²) >= 11 is 0. The second-order valence-corrected chi connectivity index (χ2v) is 8.53. The van der Waals surface area contributed by atoms with Crippen molar-refractivity contribution in [1.29, 1.82) is 0 Å². The largest absolute Gasteiger partial charge is 0.394 e. The van der Waals surface area contributed by atoms with Crippen LogP contribution in [0.1, 0.15) is 25.7 Å². The van der Waals surface area contributed by atoms with E-state index >= 15 is 0 Å². The molecule has 29 heavy (non-hydrogen) atoms. The van der Waals surface area contributed by atoms with Gasteiger partial charge in [-0.1, -0.05) is 0 Å². The molecule has 0 aromatic rings. The van der Waals surface area contributed by atoms with E-state index in [1.807, 2.05) is 0 Å². The van der Waals surface area contributed by atoms with Crippen molar-refractivity contribution in [2.45, 2.75) is 92.8 Å². The molecule has 12 atom stereocenters. The van der Waals surface area contributed by atoms with Crippen LogP contribution in [0.3, 0.4) is 0 Å². The van der Waals surface area contributed by atoms with Gasteiger partial charge in [-0.2, -0.15) is 0 Å². The van der Waals surface area contributed by atoms with Crippen molar-refractivity contribution < 1.29 is 34.6 Å². The van der Waals surface area contributed by atoms with Gasteiger partial charge in [0, 0.05) is 24.4 Å². The van der Waals surface area contributed by atoms with Gasteiger partial charge in [0.05, 0.1) is 43.2 Å². The number of ether oxygens (including phenoxy) is 3. The third kappa shape index (κ3) is 4.91. The molecule has 0 amide bonds. The average molecular weight is 421 g/mol. The standard InChI is InChI=1S/C18H36N4O7/c19-5-7-3-11(13(22)16(26)14(7)24)28-17-10(21)4-9(20)15(25)18(17)29-12-2-1-8(6-23)27-12/h7-18,23-26H,1-6,19-22H2/t7?,8-,9?,10?,11?,12-,13?,14?,15?,16?,17?,18?/m0/s1. The number of rotatable bonds is 6. The Morgan fingerprint density at radius 1 is 0.862 bits per heavy atom. The molecule has 3 fully saturated rings. The Morgan fingerprint density at radius 3 is 2.21 bits per heavy atom. The average Bonchev–Trinajstić information content (AvgIpc) is 3.16. The Hall–Kier alpha value is -0.440. The van der Waals surface area contributed by atoms with E-state index in [1.165, 1.54) is 0 Å². The molecular formula is C18H36N4O7. The van der Waals surface area contributed by atoms with E-state index in [-0.39, 0.29) is 25.2 Å². The minimum absolute atomic E-state index is 0.107. The maximum Gasteiger partial charge on any atom is 0.158 e. The lowest BCUT2D eigenvalue weighted by atomic mass is 9.79. The summed E-state index contributed by atoms with van der Waals surface area (Å²) in [5.41, 5.74) is 24.1. The molecule has 0 aromatic heterocycles. The van der Waals surface area contributed by atoms with E-state index in [1.54, 1.807) is 0 Å². The molecule has 1 saturated heterocycles. The summed E-state index contributed by atoms with van der Waals surface area (Å²) < 4.78 is 17.8. The molecule has 0 bridgehead atoms. The van der Waals surface area contributed by atoms with Crippen LogP contribution in [0, 0.1) is 5.92 Å². The lowest BCUT2D eigenvalue weighted by molar-refractivity contribution is -0.245. The molecule has 11 nitrogen and oxygen atoms in total. The Morgan fingerprint density at radius 2 is 1.59 bits per heavy atom. The van der Waals surface area contributed by atoms with Gasteiger partial charge < -0.3 is 57.6 Å². The molecular weight excluding hydrogens is 384 g/mol. The van der Waals surface area contributed by atoms with E-state index in [4.69, 9.17) is 37.1 Å².